The SMILES string of the molecule is CC1CCN(C(=NCc2ccc([N+](=O)[O-])cc2)NCC(=O)N(C)C)CC1.I. The molecular formula is C18H28IN5O3. The molecule has 1 saturated heterocycles. The number of aliphatic imine (C=N–C) groups is 1. The number of hydrogen-bond donors (Lipinski definition) is 1. The number of nitrogens with one attached hydrogen (secondary N) is 1. The molecule has 1 heterocycles. The number of likely N-dealkylation sites (tertiary alicyclic amines) is 1. The Morgan fingerprint density at radius 2 is 1.89 bits per heavy atom. The third-order valence-corrected chi connectivity index (χ3v) is 4.54. The summed E-state index contributed by atoms with van der Waals surface area (Å²) in [5, 5.41) is 13.9. The molecular weight excluding hydrogens is 461 g/mol. The van der Waals surface area contributed by atoms with Crippen molar-refractivity contribution < 1.29 is 9.72 Å². The molecule has 1 fully saturated rings. The predicted molar refractivity (Wildman–Crippen MR) is 116 cm³/mol. The van der Waals surface area contributed by atoms with Gasteiger partial charge in [0.1, 0.15) is 0 Å². The molecule has 0 radical (unpaired) electrons. The number of nitro groups is 1. The fourth-order valence-electron chi connectivity index (χ4n) is 2.69. The van der Waals surface area contributed by atoms with E-state index in [1.165, 1.54) is 12.1 Å². The van der Waals surface area contributed by atoms with Gasteiger partial charge in [-0.3, -0.25) is 14.9 Å². The summed E-state index contributed by atoms with van der Waals surface area (Å²) < 4.78 is 0. The molecule has 27 heavy (non-hydrogen) atoms. The molecule has 2 rings (SSSR count). The molecule has 0 saturated carbocycles. The second-order valence-corrected chi connectivity index (χ2v) is 6.87. The first-order valence-corrected chi connectivity index (χ1v) is 8.83. The smallest absolute Gasteiger partial charge is 0.269 e. The number of carbonyl (C=O) groups is 1. The minimum atomic E-state index is -0.415. The molecule has 0 spiro atoms. The number of amides is 1. The fraction of sp³-hybridized carbons (Fsp3) is 0.556. The third-order valence-electron chi connectivity index (χ3n) is 4.54. The van der Waals surface area contributed by atoms with Crippen molar-refractivity contribution in [3.63, 3.8) is 0 Å². The van der Waals surface area contributed by atoms with Crippen LogP contribution in [0.4, 0.5) is 5.69 Å². The zero-order valence-corrected chi connectivity index (χ0v) is 18.4. The highest BCUT2D eigenvalue weighted by molar-refractivity contribution is 14.0. The zero-order chi connectivity index (χ0) is 19.1. The molecule has 1 aromatic carbocycles. The van der Waals surface area contributed by atoms with E-state index < -0.39 is 4.92 Å². The van der Waals surface area contributed by atoms with Crippen LogP contribution in [0.5, 0.6) is 0 Å². The Labute approximate surface area is 177 Å². The zero-order valence-electron chi connectivity index (χ0n) is 16.1. The summed E-state index contributed by atoms with van der Waals surface area (Å²) in [6, 6.07) is 6.39. The Morgan fingerprint density at radius 3 is 2.41 bits per heavy atom. The van der Waals surface area contributed by atoms with Gasteiger partial charge in [0.25, 0.3) is 5.69 Å². The van der Waals surface area contributed by atoms with Crippen molar-refractivity contribution in [1.29, 1.82) is 0 Å². The Kier molecular flexibility index (Phi) is 9.47. The lowest BCUT2D eigenvalue weighted by Gasteiger charge is -2.33. The van der Waals surface area contributed by atoms with Crippen LogP contribution in [-0.2, 0) is 11.3 Å². The van der Waals surface area contributed by atoms with Crippen LogP contribution in [0, 0.1) is 16.0 Å². The fourth-order valence-corrected chi connectivity index (χ4v) is 2.69. The summed E-state index contributed by atoms with van der Waals surface area (Å²) in [7, 11) is 3.44. The van der Waals surface area contributed by atoms with Crippen molar-refractivity contribution in [1.82, 2.24) is 15.1 Å². The number of hydrogen-bond acceptors (Lipinski definition) is 4. The standard InChI is InChI=1S/C18H27N5O3.HI/c1-14-8-10-22(11-9-14)18(20-13-17(24)21(2)3)19-12-15-4-6-16(7-5-15)23(25)26;/h4-7,14H,8-13H2,1-3H3,(H,19,20);1H. The summed E-state index contributed by atoms with van der Waals surface area (Å²) >= 11 is 0. The number of halogens is 1. The molecule has 0 bridgehead atoms. The lowest BCUT2D eigenvalue weighted by atomic mass is 9.99. The minimum Gasteiger partial charge on any atom is -0.347 e. The second-order valence-electron chi connectivity index (χ2n) is 6.87. The van der Waals surface area contributed by atoms with Gasteiger partial charge < -0.3 is 15.1 Å². The van der Waals surface area contributed by atoms with E-state index in [1.54, 1.807) is 31.1 Å². The number of piperidine rings is 1. The number of likely N-dealkylation sites (N-methyl/N-ethyl adjacent to an activating group) is 1. The van der Waals surface area contributed by atoms with Gasteiger partial charge in [-0.2, -0.15) is 0 Å². The van der Waals surface area contributed by atoms with Gasteiger partial charge in [0.05, 0.1) is 18.0 Å². The van der Waals surface area contributed by atoms with Crippen LogP contribution >= 0.6 is 24.0 Å². The van der Waals surface area contributed by atoms with Gasteiger partial charge in [0, 0.05) is 39.3 Å². The van der Waals surface area contributed by atoms with Gasteiger partial charge >= 0.3 is 0 Å². The number of nitrogens with zero attached hydrogens (tertiary/aromatic N) is 4. The van der Waals surface area contributed by atoms with E-state index in [-0.39, 0.29) is 42.1 Å². The molecule has 1 N–H and O–H groups in total. The summed E-state index contributed by atoms with van der Waals surface area (Å²) in [6.07, 6.45) is 2.19. The molecule has 0 atom stereocenters. The predicted octanol–water partition coefficient (Wildman–Crippen LogP) is 2.48. The van der Waals surface area contributed by atoms with Crippen LogP contribution in [0.3, 0.4) is 0 Å². The van der Waals surface area contributed by atoms with Crippen LogP contribution in [0.25, 0.3) is 0 Å². The van der Waals surface area contributed by atoms with Crippen molar-refractivity contribution in [3.8, 4) is 0 Å². The van der Waals surface area contributed by atoms with E-state index in [0.717, 1.165) is 31.5 Å². The van der Waals surface area contributed by atoms with E-state index in [9.17, 15) is 14.9 Å². The van der Waals surface area contributed by atoms with E-state index >= 15 is 0 Å². The Hall–Kier alpha value is -1.91. The van der Waals surface area contributed by atoms with Gasteiger partial charge in [0.15, 0.2) is 5.96 Å². The number of carbonyl (C=O) groups excluding carboxylic acids is 1. The van der Waals surface area contributed by atoms with E-state index in [4.69, 9.17) is 0 Å². The molecule has 1 aromatic rings. The summed E-state index contributed by atoms with van der Waals surface area (Å²) in [5.41, 5.74) is 0.955. The molecule has 1 aliphatic rings. The second kappa shape index (κ2) is 11.1. The van der Waals surface area contributed by atoms with Gasteiger partial charge in [-0.15, -0.1) is 24.0 Å². The quantitative estimate of drug-likeness (QED) is 0.226. The molecule has 1 aliphatic heterocycles. The highest BCUT2D eigenvalue weighted by atomic mass is 127. The Balaban J connectivity index is 0.00000364. The number of guanidine groups is 1. The Morgan fingerprint density at radius 1 is 1.30 bits per heavy atom. The van der Waals surface area contributed by atoms with Gasteiger partial charge in [-0.05, 0) is 24.3 Å². The largest absolute Gasteiger partial charge is 0.347 e. The maximum absolute atomic E-state index is 11.9. The van der Waals surface area contributed by atoms with Crippen molar-refractivity contribution in [2.75, 3.05) is 33.7 Å². The number of non-ortho nitro benzene ring substituents is 1. The lowest BCUT2D eigenvalue weighted by molar-refractivity contribution is -0.384. The summed E-state index contributed by atoms with van der Waals surface area (Å²) in [5.74, 6) is 1.40. The van der Waals surface area contributed by atoms with E-state index in [2.05, 4.69) is 22.1 Å². The van der Waals surface area contributed by atoms with Gasteiger partial charge in [-0.25, -0.2) is 4.99 Å². The Bertz CT molecular complexity index is 655. The molecule has 1 amide bonds. The van der Waals surface area contributed by atoms with Crippen LogP contribution in [0.2, 0.25) is 0 Å². The molecule has 8 nitrogen and oxygen atoms in total. The first-order valence-electron chi connectivity index (χ1n) is 8.83. The summed E-state index contributed by atoms with van der Waals surface area (Å²) in [4.78, 5) is 30.6. The number of benzene rings is 1. The van der Waals surface area contributed by atoms with Crippen LogP contribution in [0.1, 0.15) is 25.3 Å². The molecule has 0 aliphatic carbocycles. The average molecular weight is 489 g/mol. The van der Waals surface area contributed by atoms with Crippen LogP contribution in [-0.4, -0.2) is 60.3 Å². The van der Waals surface area contributed by atoms with Gasteiger partial charge in [-0.1, -0.05) is 19.1 Å². The topological polar surface area (TPSA) is 91.1 Å². The first-order chi connectivity index (χ1) is 12.4. The van der Waals surface area contributed by atoms with Crippen molar-refractivity contribution >= 4 is 41.5 Å². The van der Waals surface area contributed by atoms with Crippen molar-refractivity contribution in [2.45, 2.75) is 26.3 Å². The van der Waals surface area contributed by atoms with Crippen molar-refractivity contribution in [2.24, 2.45) is 10.9 Å². The van der Waals surface area contributed by atoms with E-state index in [0.29, 0.717) is 18.4 Å². The molecule has 150 valence electrons. The van der Waals surface area contributed by atoms with E-state index in [1.807, 2.05) is 0 Å². The van der Waals surface area contributed by atoms with Crippen LogP contribution < -0.4 is 5.32 Å². The average Bonchev–Trinajstić information content (AvgIpc) is 2.62. The number of nitro benzene ring substituents is 1. The molecule has 0 aromatic heterocycles. The van der Waals surface area contributed by atoms with Crippen molar-refractivity contribution in [3.05, 3.63) is 39.9 Å². The molecule has 0 unspecified atom stereocenters. The normalized spacial score (nSPS) is 15.1. The maximum Gasteiger partial charge on any atom is 0.269 e. The first kappa shape index (κ1) is 23.1. The molecule has 9 heteroatoms. The third kappa shape index (κ3) is 7.31. The summed E-state index contributed by atoms with van der Waals surface area (Å²) in [6.45, 7) is 4.65. The lowest BCUT2D eigenvalue weighted by Crippen LogP contribution is -2.48. The minimum absolute atomic E-state index is 0. The highest BCUT2D eigenvalue weighted by Gasteiger charge is 2.19. The number of rotatable bonds is 5. The van der Waals surface area contributed by atoms with Crippen LogP contribution in [0.15, 0.2) is 29.3 Å². The highest BCUT2D eigenvalue weighted by Crippen LogP contribution is 2.17. The maximum atomic E-state index is 11.9. The monoisotopic (exact) mass is 489 g/mol. The van der Waals surface area contributed by atoms with Gasteiger partial charge in [0.2, 0.25) is 5.91 Å².